The normalized spacial score (nSPS) is 18.5. The molecule has 2 aromatic heterocycles. The van der Waals surface area contributed by atoms with E-state index >= 15 is 0 Å². The largest absolute Gasteiger partial charge is 0.497 e. The molecule has 0 amide bonds. The highest BCUT2D eigenvalue weighted by Gasteiger charge is 2.14. The van der Waals surface area contributed by atoms with Crippen LogP contribution in [0.5, 0.6) is 11.5 Å². The summed E-state index contributed by atoms with van der Waals surface area (Å²) in [7, 11) is 3.42. The fourth-order valence-corrected chi connectivity index (χ4v) is 4.39. The van der Waals surface area contributed by atoms with Crippen LogP contribution in [0.25, 0.3) is 33.0 Å². The van der Waals surface area contributed by atoms with Gasteiger partial charge in [-0.3, -0.25) is 0 Å². The molecule has 1 aliphatic rings. The van der Waals surface area contributed by atoms with Crippen molar-refractivity contribution in [2.45, 2.75) is 12.8 Å². The molecule has 5 rings (SSSR count). The van der Waals surface area contributed by atoms with Crippen LogP contribution in [0.1, 0.15) is 24.0 Å². The molecule has 5 nitrogen and oxygen atoms in total. The lowest BCUT2D eigenvalue weighted by Gasteiger charge is -2.08. The van der Waals surface area contributed by atoms with E-state index in [0.29, 0.717) is 0 Å². The molecule has 4 aromatic rings. The fraction of sp³-hybridized carbons (Fsp3) is 0.231. The maximum absolute atomic E-state index is 5.46. The Morgan fingerprint density at radius 3 is 1.97 bits per heavy atom. The second-order valence-electron chi connectivity index (χ2n) is 7.84. The minimum absolute atomic E-state index is 0.856. The molecule has 5 heteroatoms. The van der Waals surface area contributed by atoms with Gasteiger partial charge in [-0.15, -0.1) is 0 Å². The van der Waals surface area contributed by atoms with Gasteiger partial charge in [0, 0.05) is 51.9 Å². The second-order valence-corrected chi connectivity index (χ2v) is 7.84. The predicted octanol–water partition coefficient (Wildman–Crippen LogP) is 5.52. The zero-order valence-electron chi connectivity index (χ0n) is 17.9. The van der Waals surface area contributed by atoms with Gasteiger partial charge in [0.25, 0.3) is 0 Å². The Hall–Kier alpha value is -3.44. The lowest BCUT2D eigenvalue weighted by molar-refractivity contribution is 0.415. The average molecular weight is 414 g/mol. The van der Waals surface area contributed by atoms with Crippen molar-refractivity contribution >= 4 is 33.0 Å². The van der Waals surface area contributed by atoms with E-state index in [2.05, 4.69) is 64.1 Å². The van der Waals surface area contributed by atoms with Crippen LogP contribution in [-0.4, -0.2) is 37.3 Å². The summed E-state index contributed by atoms with van der Waals surface area (Å²) in [6.07, 6.45) is 10.8. The van der Waals surface area contributed by atoms with Gasteiger partial charge in [-0.05, 0) is 66.9 Å². The van der Waals surface area contributed by atoms with Crippen LogP contribution in [0.15, 0.2) is 60.9 Å². The van der Waals surface area contributed by atoms with Crippen LogP contribution in [0.3, 0.4) is 0 Å². The van der Waals surface area contributed by atoms with E-state index in [4.69, 9.17) is 9.47 Å². The van der Waals surface area contributed by atoms with Crippen molar-refractivity contribution in [3.05, 3.63) is 72.1 Å². The van der Waals surface area contributed by atoms with Crippen LogP contribution < -0.4 is 14.8 Å². The maximum Gasteiger partial charge on any atom is 0.119 e. The Kier molecular flexibility index (Phi) is 5.26. The number of aromatic nitrogens is 2. The number of methoxy groups -OCH3 is 2. The molecule has 0 radical (unpaired) electrons. The van der Waals surface area contributed by atoms with E-state index in [-0.39, 0.29) is 0 Å². The molecule has 31 heavy (non-hydrogen) atoms. The Balaban J connectivity index is 1.54. The summed E-state index contributed by atoms with van der Waals surface area (Å²) in [4.78, 5) is 6.82. The van der Waals surface area contributed by atoms with E-state index in [1.54, 1.807) is 14.2 Å². The topological polar surface area (TPSA) is 62.1 Å². The van der Waals surface area contributed by atoms with Gasteiger partial charge in [-0.25, -0.2) is 0 Å². The first-order valence-corrected chi connectivity index (χ1v) is 10.7. The summed E-state index contributed by atoms with van der Waals surface area (Å²) in [5.74, 6) is 1.75. The van der Waals surface area contributed by atoms with E-state index < -0.39 is 0 Å². The van der Waals surface area contributed by atoms with Gasteiger partial charge in [0.1, 0.15) is 11.5 Å². The molecule has 3 heterocycles. The molecule has 0 spiro atoms. The van der Waals surface area contributed by atoms with E-state index in [9.17, 15) is 0 Å². The molecular weight excluding hydrogens is 386 g/mol. The van der Waals surface area contributed by atoms with Gasteiger partial charge in [0.2, 0.25) is 0 Å². The molecule has 158 valence electrons. The number of rotatable bonds is 4. The van der Waals surface area contributed by atoms with Crippen molar-refractivity contribution in [3.63, 3.8) is 0 Å². The van der Waals surface area contributed by atoms with Crippen LogP contribution >= 0.6 is 0 Å². The molecule has 1 aliphatic heterocycles. The number of hydrogen-bond acceptors (Lipinski definition) is 3. The quantitative estimate of drug-likeness (QED) is 0.413. The van der Waals surface area contributed by atoms with Gasteiger partial charge in [0.05, 0.1) is 14.2 Å². The van der Waals surface area contributed by atoms with E-state index in [0.717, 1.165) is 48.5 Å². The average Bonchev–Trinajstić information content (AvgIpc) is 3.44. The number of allylic oxidation sites excluding steroid dienone is 2. The number of ether oxygens (including phenoxy) is 2. The maximum atomic E-state index is 5.46. The second kappa shape index (κ2) is 8.36. The van der Waals surface area contributed by atoms with Crippen molar-refractivity contribution in [1.82, 2.24) is 15.3 Å². The zero-order chi connectivity index (χ0) is 21.2. The third-order valence-electron chi connectivity index (χ3n) is 6.10. The van der Waals surface area contributed by atoms with E-state index in [1.165, 1.54) is 33.0 Å². The number of H-pyrrole nitrogens is 2. The number of aromatic amines is 2. The number of fused-ring (bicyclic) bond motifs is 2. The Morgan fingerprint density at radius 2 is 1.35 bits per heavy atom. The number of benzene rings is 2. The van der Waals surface area contributed by atoms with Crippen molar-refractivity contribution < 1.29 is 9.47 Å². The van der Waals surface area contributed by atoms with Gasteiger partial charge in [0.15, 0.2) is 0 Å². The molecule has 0 bridgehead atoms. The number of hydrogen-bond donors (Lipinski definition) is 3. The van der Waals surface area contributed by atoms with Crippen molar-refractivity contribution in [2.24, 2.45) is 0 Å². The van der Waals surface area contributed by atoms with Crippen molar-refractivity contribution in [3.8, 4) is 11.5 Å². The highest BCUT2D eigenvalue weighted by Crippen LogP contribution is 2.34. The third kappa shape index (κ3) is 3.73. The minimum Gasteiger partial charge on any atom is -0.497 e. The molecule has 0 aliphatic carbocycles. The summed E-state index contributed by atoms with van der Waals surface area (Å²) in [5.41, 5.74) is 7.38. The predicted molar refractivity (Wildman–Crippen MR) is 128 cm³/mol. The Bertz CT molecular complexity index is 1290. The van der Waals surface area contributed by atoms with Gasteiger partial charge < -0.3 is 24.8 Å². The van der Waals surface area contributed by atoms with Crippen molar-refractivity contribution in [1.29, 1.82) is 0 Å². The highest BCUT2D eigenvalue weighted by atomic mass is 16.5. The Labute approximate surface area is 181 Å². The van der Waals surface area contributed by atoms with Gasteiger partial charge in [-0.2, -0.15) is 0 Å². The monoisotopic (exact) mass is 413 g/mol. The number of nitrogens with one attached hydrogen (secondary N) is 3. The minimum atomic E-state index is 0.856. The molecule has 2 aromatic carbocycles. The Morgan fingerprint density at radius 1 is 0.742 bits per heavy atom. The van der Waals surface area contributed by atoms with Gasteiger partial charge in [-0.1, -0.05) is 12.2 Å². The molecule has 3 N–H and O–H groups in total. The van der Waals surface area contributed by atoms with Crippen LogP contribution in [0.4, 0.5) is 0 Å². The van der Waals surface area contributed by atoms with Gasteiger partial charge >= 0.3 is 0 Å². The molecule has 0 atom stereocenters. The summed E-state index contributed by atoms with van der Waals surface area (Å²) >= 11 is 0. The standard InChI is InChI=1S/C26H27N3O2/c1-30-19-5-7-25-21(13-19)23(15-28-25)17-3-4-18(10-12-27-11-9-17)24-16-29-26-8-6-20(31-2)14-22(24)26/h3,5-8,10,13-16,27-29H,4,9,11-12H2,1-2H3/b17-3+,18-10+. The van der Waals surface area contributed by atoms with Crippen molar-refractivity contribution in [2.75, 3.05) is 27.3 Å². The van der Waals surface area contributed by atoms with E-state index in [1.807, 2.05) is 12.1 Å². The molecule has 0 unspecified atom stereocenters. The lowest BCUT2D eigenvalue weighted by atomic mass is 9.96. The first-order chi connectivity index (χ1) is 15.3. The summed E-state index contributed by atoms with van der Waals surface area (Å²) in [6, 6.07) is 12.4. The first-order valence-electron chi connectivity index (χ1n) is 10.7. The van der Waals surface area contributed by atoms with Crippen LogP contribution in [0.2, 0.25) is 0 Å². The molecule has 0 fully saturated rings. The van der Waals surface area contributed by atoms with Crippen LogP contribution in [-0.2, 0) is 0 Å². The summed E-state index contributed by atoms with van der Waals surface area (Å²) in [6.45, 7) is 1.79. The lowest BCUT2D eigenvalue weighted by Crippen LogP contribution is -2.15. The fourth-order valence-electron chi connectivity index (χ4n) is 4.39. The molecule has 0 saturated heterocycles. The zero-order valence-corrected chi connectivity index (χ0v) is 17.9. The first kappa shape index (κ1) is 19.5. The summed E-state index contributed by atoms with van der Waals surface area (Å²) < 4.78 is 10.9. The smallest absolute Gasteiger partial charge is 0.119 e. The van der Waals surface area contributed by atoms with Crippen LogP contribution in [0, 0.1) is 0 Å². The third-order valence-corrected chi connectivity index (χ3v) is 6.10. The highest BCUT2D eigenvalue weighted by molar-refractivity contribution is 5.96. The molecule has 0 saturated carbocycles. The summed E-state index contributed by atoms with van der Waals surface area (Å²) in [5, 5.41) is 5.96. The SMILES string of the molecule is COc1ccc2[nH]cc(/C3=C/CNCC/C(c4c[nH]c5ccc(OC)cc45)=C\C3)c2c1. The molecular formula is C26H27N3O2.